The molecule has 11 nitrogen and oxygen atoms in total. The van der Waals surface area contributed by atoms with Crippen molar-refractivity contribution in [1.82, 2.24) is 25.8 Å². The second-order valence-electron chi connectivity index (χ2n) is 18.3. The first-order valence-electron chi connectivity index (χ1n) is 20.4. The van der Waals surface area contributed by atoms with E-state index >= 15 is 0 Å². The number of aryl methyl sites for hydroxylation is 1. The molecular weight excluding hydrogens is 739 g/mol. The highest BCUT2D eigenvalue weighted by molar-refractivity contribution is 7.13. The summed E-state index contributed by atoms with van der Waals surface area (Å²) in [6, 6.07) is 14.0. The molecule has 1 aliphatic carbocycles. The first-order valence-corrected chi connectivity index (χ1v) is 21.3. The summed E-state index contributed by atoms with van der Waals surface area (Å²) in [6.07, 6.45) is 4.59. The number of hydrogen-bond donors (Lipinski definition) is 3. The lowest BCUT2D eigenvalue weighted by Crippen LogP contribution is -2.63. The van der Waals surface area contributed by atoms with E-state index in [9.17, 15) is 19.2 Å². The van der Waals surface area contributed by atoms with Crippen molar-refractivity contribution in [3.8, 4) is 16.2 Å². The number of aromatic nitrogens is 1. The second-order valence-corrected chi connectivity index (χ2v) is 19.1. The first kappa shape index (κ1) is 43.8. The lowest BCUT2D eigenvalue weighted by Gasteiger charge is -2.57. The molecular formula is C45H63N5O6S. The van der Waals surface area contributed by atoms with Crippen molar-refractivity contribution in [3.05, 3.63) is 70.9 Å². The van der Waals surface area contributed by atoms with Crippen molar-refractivity contribution in [2.24, 2.45) is 16.2 Å². The van der Waals surface area contributed by atoms with Crippen LogP contribution in [0, 0.1) is 23.2 Å². The number of carbonyl (C=O) groups is 4. The van der Waals surface area contributed by atoms with E-state index in [1.54, 1.807) is 28.4 Å². The van der Waals surface area contributed by atoms with Crippen LogP contribution >= 0.6 is 11.3 Å². The topological polar surface area (TPSA) is 139 Å². The Labute approximate surface area is 343 Å². The molecule has 310 valence electrons. The van der Waals surface area contributed by atoms with Crippen molar-refractivity contribution in [3.63, 3.8) is 0 Å². The number of rotatable bonds is 17. The molecule has 3 atom stereocenters. The average molecular weight is 802 g/mol. The predicted molar refractivity (Wildman–Crippen MR) is 225 cm³/mol. The molecule has 1 aromatic heterocycles. The first-order chi connectivity index (χ1) is 26.9. The van der Waals surface area contributed by atoms with Crippen molar-refractivity contribution >= 4 is 35.0 Å². The third-order valence-corrected chi connectivity index (χ3v) is 12.3. The van der Waals surface area contributed by atoms with Gasteiger partial charge in [-0.05, 0) is 104 Å². The van der Waals surface area contributed by atoms with Crippen LogP contribution in [0.3, 0.4) is 0 Å². The van der Waals surface area contributed by atoms with Gasteiger partial charge in [0.2, 0.25) is 17.7 Å². The standard InChI is InChI=1S/C45H63N5O6S/c1-29(13-10-11-24-55-34-21-19-33(20-22-34)39(52)49-42-44(6,7)27-45(42,8)9)56-26-36(51)48-38(43(3,4)5)41(54)50-23-12-14-35(50)40(53)46-25-31-15-17-32(18-16-31)37-30(2)47-28-57-37/h15-22,28-29,35,38,42H,10-14,23-27H2,1-9H3,(H,46,53)(H,48,51)(H,49,52)/t29-,35+,38-/m1/s1. The Morgan fingerprint density at radius 2 is 1.67 bits per heavy atom. The van der Waals surface area contributed by atoms with Crippen LogP contribution in [0.5, 0.6) is 5.75 Å². The quantitative estimate of drug-likeness (QED) is 0.121. The summed E-state index contributed by atoms with van der Waals surface area (Å²) >= 11 is 1.60. The Hall–Kier alpha value is -4.29. The summed E-state index contributed by atoms with van der Waals surface area (Å²) in [6.45, 7) is 19.6. The number of unbranched alkanes of at least 4 members (excludes halogenated alkanes) is 1. The molecule has 3 aromatic rings. The monoisotopic (exact) mass is 801 g/mol. The van der Waals surface area contributed by atoms with Crippen LogP contribution in [0.4, 0.5) is 0 Å². The maximum absolute atomic E-state index is 13.9. The van der Waals surface area contributed by atoms with Gasteiger partial charge in [0, 0.05) is 24.7 Å². The molecule has 2 aromatic carbocycles. The van der Waals surface area contributed by atoms with Gasteiger partial charge in [0.15, 0.2) is 0 Å². The molecule has 1 saturated carbocycles. The highest BCUT2D eigenvalue weighted by atomic mass is 32.1. The Morgan fingerprint density at radius 3 is 2.28 bits per heavy atom. The number of thiazole rings is 1. The van der Waals surface area contributed by atoms with Crippen molar-refractivity contribution < 1.29 is 28.7 Å². The maximum Gasteiger partial charge on any atom is 0.251 e. The largest absolute Gasteiger partial charge is 0.494 e. The van der Waals surface area contributed by atoms with Crippen LogP contribution in [-0.2, 0) is 25.7 Å². The number of hydrogen-bond acceptors (Lipinski definition) is 8. The number of nitrogens with one attached hydrogen (secondary N) is 3. The van der Waals surface area contributed by atoms with Gasteiger partial charge in [-0.25, -0.2) is 4.98 Å². The molecule has 57 heavy (non-hydrogen) atoms. The molecule has 3 N–H and O–H groups in total. The van der Waals surface area contributed by atoms with E-state index in [0.29, 0.717) is 43.9 Å². The molecule has 5 rings (SSSR count). The van der Waals surface area contributed by atoms with Gasteiger partial charge in [0.25, 0.3) is 5.91 Å². The summed E-state index contributed by atoms with van der Waals surface area (Å²) < 4.78 is 11.8. The number of ether oxygens (including phenoxy) is 2. The highest BCUT2D eigenvalue weighted by Gasteiger charge is 2.53. The molecule has 2 fully saturated rings. The Bertz CT molecular complexity index is 1830. The molecule has 2 aliphatic rings. The molecule has 4 amide bonds. The second kappa shape index (κ2) is 18.5. The summed E-state index contributed by atoms with van der Waals surface area (Å²) in [5, 5.41) is 9.16. The number of likely N-dealkylation sites (tertiary alicyclic amines) is 1. The average Bonchev–Trinajstić information content (AvgIpc) is 3.83. The minimum absolute atomic E-state index is 0.0623. The van der Waals surface area contributed by atoms with Crippen LogP contribution in [0.15, 0.2) is 54.0 Å². The van der Waals surface area contributed by atoms with Gasteiger partial charge in [-0.15, -0.1) is 11.3 Å². The zero-order valence-electron chi connectivity index (χ0n) is 35.3. The van der Waals surface area contributed by atoms with Crippen LogP contribution < -0.4 is 20.7 Å². The normalized spacial score (nSPS) is 18.6. The minimum atomic E-state index is -0.817. The summed E-state index contributed by atoms with van der Waals surface area (Å²) in [4.78, 5) is 60.4. The Morgan fingerprint density at radius 1 is 0.982 bits per heavy atom. The fraction of sp³-hybridized carbons (Fsp3) is 0.578. The third-order valence-electron chi connectivity index (χ3n) is 11.3. The van der Waals surface area contributed by atoms with E-state index in [-0.39, 0.29) is 53.2 Å². The number of amides is 4. The summed E-state index contributed by atoms with van der Waals surface area (Å²) in [5.74, 6) is -0.171. The lowest BCUT2D eigenvalue weighted by molar-refractivity contribution is -0.144. The molecule has 0 bridgehead atoms. The summed E-state index contributed by atoms with van der Waals surface area (Å²) in [7, 11) is 0. The SMILES string of the molecule is Cc1ncsc1-c1ccc(CNC(=O)[C@@H]2CCCN2C(=O)[C@@H](NC(=O)CO[C@H](C)CCCCOc2ccc(C(=O)NC3C(C)(C)CC3(C)C)cc2)C(C)(C)C)cc1. The molecule has 0 radical (unpaired) electrons. The number of benzene rings is 2. The van der Waals surface area contributed by atoms with Crippen molar-refractivity contribution in [2.75, 3.05) is 19.8 Å². The molecule has 1 aliphatic heterocycles. The van der Waals surface area contributed by atoms with Crippen LogP contribution in [0.1, 0.15) is 116 Å². The fourth-order valence-electron chi connectivity index (χ4n) is 8.62. The van der Waals surface area contributed by atoms with Gasteiger partial charge in [-0.3, -0.25) is 19.2 Å². The predicted octanol–water partition coefficient (Wildman–Crippen LogP) is 7.47. The fourth-order valence-corrected chi connectivity index (χ4v) is 9.43. The van der Waals surface area contributed by atoms with E-state index in [1.165, 1.54) is 0 Å². The van der Waals surface area contributed by atoms with E-state index < -0.39 is 17.5 Å². The minimum Gasteiger partial charge on any atom is -0.494 e. The van der Waals surface area contributed by atoms with E-state index in [0.717, 1.165) is 47.4 Å². The zero-order valence-corrected chi connectivity index (χ0v) is 36.1. The van der Waals surface area contributed by atoms with E-state index in [1.807, 2.05) is 76.5 Å². The Balaban J connectivity index is 1.00. The summed E-state index contributed by atoms with van der Waals surface area (Å²) in [5.41, 5.74) is 5.10. The van der Waals surface area contributed by atoms with E-state index in [2.05, 4.69) is 48.6 Å². The lowest BCUT2D eigenvalue weighted by atomic mass is 9.52. The van der Waals surface area contributed by atoms with Crippen LogP contribution in [0.2, 0.25) is 0 Å². The van der Waals surface area contributed by atoms with Crippen molar-refractivity contribution in [1.29, 1.82) is 0 Å². The van der Waals surface area contributed by atoms with Gasteiger partial charge < -0.3 is 30.3 Å². The maximum atomic E-state index is 13.9. The van der Waals surface area contributed by atoms with Gasteiger partial charge in [-0.1, -0.05) is 72.7 Å². The highest BCUT2D eigenvalue weighted by Crippen LogP contribution is 2.53. The molecule has 1 saturated heterocycles. The Kier molecular flexibility index (Phi) is 14.2. The molecule has 12 heteroatoms. The third kappa shape index (κ3) is 11.4. The van der Waals surface area contributed by atoms with Crippen LogP contribution in [0.25, 0.3) is 10.4 Å². The smallest absolute Gasteiger partial charge is 0.251 e. The van der Waals surface area contributed by atoms with Crippen LogP contribution in [-0.4, -0.2) is 77.5 Å². The van der Waals surface area contributed by atoms with Gasteiger partial charge in [0.1, 0.15) is 24.4 Å². The molecule has 2 heterocycles. The van der Waals surface area contributed by atoms with Gasteiger partial charge in [0.05, 0.1) is 28.8 Å². The zero-order chi connectivity index (χ0) is 41.5. The van der Waals surface area contributed by atoms with E-state index in [4.69, 9.17) is 9.47 Å². The number of nitrogens with zero attached hydrogens (tertiary/aromatic N) is 2. The molecule has 0 spiro atoms. The van der Waals surface area contributed by atoms with Gasteiger partial charge >= 0.3 is 0 Å². The molecule has 0 unspecified atom stereocenters. The number of carbonyl (C=O) groups excluding carboxylic acids is 4. The van der Waals surface area contributed by atoms with Gasteiger partial charge in [-0.2, -0.15) is 0 Å². The van der Waals surface area contributed by atoms with Crippen molar-refractivity contribution in [2.45, 2.75) is 132 Å².